The maximum absolute atomic E-state index is 4.82. The van der Waals surface area contributed by atoms with E-state index >= 15 is 0 Å². The van der Waals surface area contributed by atoms with Gasteiger partial charge < -0.3 is 4.57 Å². The molecule has 0 saturated carbocycles. The van der Waals surface area contributed by atoms with Crippen LogP contribution >= 0.6 is 0 Å². The standard InChI is InChI=1S/C32H23N3/c1-32(2)25-13-7-11-23-24-12-8-18-33-31(24)35(30(23)25)29-17-16-20(19-26(29)32)34-27-14-5-3-9-21(27)22-10-4-6-15-28(22)34/h3-19H,1-2H3. The molecule has 0 spiro atoms. The van der Waals surface area contributed by atoms with Crippen LogP contribution in [0, 0.1) is 0 Å². The third kappa shape index (κ3) is 2.28. The zero-order chi connectivity index (χ0) is 23.3. The van der Waals surface area contributed by atoms with Crippen LogP contribution in [0.4, 0.5) is 0 Å². The van der Waals surface area contributed by atoms with Crippen molar-refractivity contribution >= 4 is 43.7 Å². The molecule has 0 saturated heterocycles. The van der Waals surface area contributed by atoms with Gasteiger partial charge in [0.1, 0.15) is 5.65 Å². The highest BCUT2D eigenvalue weighted by Gasteiger charge is 2.35. The predicted molar refractivity (Wildman–Crippen MR) is 145 cm³/mol. The largest absolute Gasteiger partial charge is 0.309 e. The number of hydrogen-bond acceptors (Lipinski definition) is 1. The fourth-order valence-corrected chi connectivity index (χ4v) is 6.34. The van der Waals surface area contributed by atoms with Gasteiger partial charge in [-0.1, -0.05) is 68.4 Å². The van der Waals surface area contributed by atoms with Crippen LogP contribution < -0.4 is 0 Å². The molecule has 8 rings (SSSR count). The van der Waals surface area contributed by atoms with Crippen LogP contribution in [0.25, 0.3) is 55.1 Å². The Morgan fingerprint density at radius 2 is 1.29 bits per heavy atom. The second kappa shape index (κ2) is 6.39. The number of hydrogen-bond donors (Lipinski definition) is 0. The molecular weight excluding hydrogens is 426 g/mol. The second-order valence-electron chi connectivity index (χ2n) is 10.1. The molecule has 35 heavy (non-hydrogen) atoms. The van der Waals surface area contributed by atoms with Gasteiger partial charge in [0.2, 0.25) is 0 Å². The van der Waals surface area contributed by atoms with Gasteiger partial charge in [-0.25, -0.2) is 4.98 Å². The van der Waals surface area contributed by atoms with Gasteiger partial charge in [-0.3, -0.25) is 4.57 Å². The summed E-state index contributed by atoms with van der Waals surface area (Å²) in [4.78, 5) is 4.82. The summed E-state index contributed by atoms with van der Waals surface area (Å²) in [5.41, 5.74) is 9.70. The highest BCUT2D eigenvalue weighted by molar-refractivity contribution is 6.11. The number of fused-ring (bicyclic) bond motifs is 8. The molecule has 0 N–H and O–H groups in total. The Hall–Kier alpha value is -4.37. The number of rotatable bonds is 1. The monoisotopic (exact) mass is 449 g/mol. The van der Waals surface area contributed by atoms with E-state index < -0.39 is 0 Å². The number of aromatic nitrogens is 3. The predicted octanol–water partition coefficient (Wildman–Crippen LogP) is 7.92. The molecule has 0 aliphatic carbocycles. The van der Waals surface area contributed by atoms with Gasteiger partial charge in [-0.05, 0) is 53.6 Å². The Morgan fingerprint density at radius 1 is 0.600 bits per heavy atom. The third-order valence-corrected chi connectivity index (χ3v) is 7.95. The van der Waals surface area contributed by atoms with Gasteiger partial charge in [-0.2, -0.15) is 0 Å². The first-order chi connectivity index (χ1) is 17.1. The SMILES string of the molecule is CC1(C)c2cc(-n3c4ccccc4c4ccccc43)ccc2-n2c3ncccc3c3cccc1c32. The summed E-state index contributed by atoms with van der Waals surface area (Å²) in [6.45, 7) is 4.70. The first kappa shape index (κ1) is 19.0. The van der Waals surface area contributed by atoms with Crippen LogP contribution in [0.1, 0.15) is 25.0 Å². The molecule has 4 aromatic carbocycles. The van der Waals surface area contributed by atoms with E-state index in [1.165, 1.54) is 60.6 Å². The molecule has 0 fully saturated rings. The minimum Gasteiger partial charge on any atom is -0.309 e. The van der Waals surface area contributed by atoms with Crippen molar-refractivity contribution in [2.24, 2.45) is 0 Å². The molecule has 0 radical (unpaired) electrons. The molecule has 0 atom stereocenters. The maximum Gasteiger partial charge on any atom is 0.145 e. The highest BCUT2D eigenvalue weighted by Crippen LogP contribution is 2.47. The Bertz CT molecular complexity index is 1930. The summed E-state index contributed by atoms with van der Waals surface area (Å²) in [6.07, 6.45) is 1.90. The van der Waals surface area contributed by atoms with Gasteiger partial charge >= 0.3 is 0 Å². The fraction of sp³-hybridized carbons (Fsp3) is 0.0938. The van der Waals surface area contributed by atoms with Gasteiger partial charge in [-0.15, -0.1) is 0 Å². The van der Waals surface area contributed by atoms with Gasteiger partial charge in [0.25, 0.3) is 0 Å². The van der Waals surface area contributed by atoms with Crippen LogP contribution in [0.5, 0.6) is 0 Å². The van der Waals surface area contributed by atoms with Crippen molar-refractivity contribution in [1.82, 2.24) is 14.1 Å². The number of pyridine rings is 1. The third-order valence-electron chi connectivity index (χ3n) is 7.95. The topological polar surface area (TPSA) is 22.8 Å². The first-order valence-corrected chi connectivity index (χ1v) is 12.2. The molecule has 3 aromatic heterocycles. The zero-order valence-electron chi connectivity index (χ0n) is 19.7. The van der Waals surface area contributed by atoms with E-state index in [-0.39, 0.29) is 5.41 Å². The molecule has 0 unspecified atom stereocenters. The molecule has 1 aliphatic heterocycles. The Balaban J connectivity index is 1.50. The van der Waals surface area contributed by atoms with Crippen molar-refractivity contribution in [2.75, 3.05) is 0 Å². The second-order valence-corrected chi connectivity index (χ2v) is 10.1. The van der Waals surface area contributed by atoms with Gasteiger partial charge in [0.05, 0.1) is 22.2 Å². The summed E-state index contributed by atoms with van der Waals surface area (Å²) in [5, 5.41) is 5.05. The molecule has 4 heterocycles. The summed E-state index contributed by atoms with van der Waals surface area (Å²) in [5.74, 6) is 0. The molecule has 3 nitrogen and oxygen atoms in total. The maximum atomic E-state index is 4.82. The zero-order valence-corrected chi connectivity index (χ0v) is 19.7. The van der Waals surface area contributed by atoms with Gasteiger partial charge in [0.15, 0.2) is 0 Å². The highest BCUT2D eigenvalue weighted by atomic mass is 15.1. The number of nitrogens with zero attached hydrogens (tertiary/aromatic N) is 3. The van der Waals surface area contributed by atoms with Crippen molar-refractivity contribution < 1.29 is 0 Å². The molecule has 7 aromatic rings. The fourth-order valence-electron chi connectivity index (χ4n) is 6.34. The summed E-state index contributed by atoms with van der Waals surface area (Å²) >= 11 is 0. The lowest BCUT2D eigenvalue weighted by Gasteiger charge is -2.35. The summed E-state index contributed by atoms with van der Waals surface area (Å²) in [7, 11) is 0. The summed E-state index contributed by atoms with van der Waals surface area (Å²) in [6, 6.07) is 35.3. The minimum absolute atomic E-state index is 0.145. The lowest BCUT2D eigenvalue weighted by molar-refractivity contribution is 0.629. The Morgan fingerprint density at radius 3 is 2.06 bits per heavy atom. The van der Waals surface area contributed by atoms with Crippen LogP contribution in [0.15, 0.2) is 103 Å². The van der Waals surface area contributed by atoms with E-state index in [1.807, 2.05) is 12.3 Å². The van der Waals surface area contributed by atoms with Crippen LogP contribution in [0.3, 0.4) is 0 Å². The molecular formula is C32H23N3. The van der Waals surface area contributed by atoms with Crippen molar-refractivity contribution in [3.63, 3.8) is 0 Å². The van der Waals surface area contributed by atoms with E-state index in [2.05, 4.69) is 114 Å². The molecule has 3 heteroatoms. The van der Waals surface area contributed by atoms with E-state index in [0.29, 0.717) is 0 Å². The molecule has 1 aliphatic rings. The van der Waals surface area contributed by atoms with Crippen LogP contribution in [-0.4, -0.2) is 14.1 Å². The van der Waals surface area contributed by atoms with E-state index in [1.54, 1.807) is 0 Å². The molecule has 166 valence electrons. The first-order valence-electron chi connectivity index (χ1n) is 12.2. The van der Waals surface area contributed by atoms with Crippen molar-refractivity contribution in [3.8, 4) is 11.4 Å². The van der Waals surface area contributed by atoms with Gasteiger partial charge in [0, 0.05) is 38.8 Å². The van der Waals surface area contributed by atoms with Crippen LogP contribution in [-0.2, 0) is 5.41 Å². The van der Waals surface area contributed by atoms with Crippen LogP contribution in [0.2, 0.25) is 0 Å². The van der Waals surface area contributed by atoms with Crippen molar-refractivity contribution in [1.29, 1.82) is 0 Å². The average Bonchev–Trinajstić information content (AvgIpc) is 3.41. The van der Waals surface area contributed by atoms with Crippen molar-refractivity contribution in [3.05, 3.63) is 114 Å². The average molecular weight is 450 g/mol. The van der Waals surface area contributed by atoms with E-state index in [0.717, 1.165) is 5.65 Å². The summed E-state index contributed by atoms with van der Waals surface area (Å²) < 4.78 is 4.78. The Labute approximate surface area is 202 Å². The number of benzene rings is 4. The lowest BCUT2D eigenvalue weighted by Crippen LogP contribution is -2.26. The molecule has 0 amide bonds. The van der Waals surface area contributed by atoms with Crippen molar-refractivity contribution in [2.45, 2.75) is 19.3 Å². The van der Waals surface area contributed by atoms with E-state index in [9.17, 15) is 0 Å². The smallest absolute Gasteiger partial charge is 0.145 e. The Kier molecular flexibility index (Phi) is 3.47. The lowest BCUT2D eigenvalue weighted by atomic mass is 9.74. The normalized spacial score (nSPS) is 14.2. The minimum atomic E-state index is -0.145. The number of para-hydroxylation sites is 3. The molecule has 0 bridgehead atoms. The van der Waals surface area contributed by atoms with E-state index in [4.69, 9.17) is 4.98 Å². The quantitative estimate of drug-likeness (QED) is 0.250.